The summed E-state index contributed by atoms with van der Waals surface area (Å²) in [4.78, 5) is 12.5. The number of anilines is 2. The van der Waals surface area contributed by atoms with Crippen molar-refractivity contribution in [2.45, 2.75) is 6.54 Å². The number of carbonyl (C=O) groups excluding carboxylic acids is 1. The number of hydrogen-bond acceptors (Lipinski definition) is 4. The SMILES string of the molecule is CNc1ccc(C#N)cc1NC(=O)c1cnn(Cc2ccccc2)c1. The Kier molecular flexibility index (Phi) is 4.77. The molecule has 0 aliphatic rings. The first-order valence-electron chi connectivity index (χ1n) is 7.79. The maximum absolute atomic E-state index is 12.5. The van der Waals surface area contributed by atoms with E-state index in [0.717, 1.165) is 11.3 Å². The molecule has 25 heavy (non-hydrogen) atoms. The summed E-state index contributed by atoms with van der Waals surface area (Å²) in [5, 5.41) is 19.1. The molecular weight excluding hydrogens is 314 g/mol. The summed E-state index contributed by atoms with van der Waals surface area (Å²) >= 11 is 0. The van der Waals surface area contributed by atoms with Gasteiger partial charge in [0.25, 0.3) is 5.91 Å². The first kappa shape index (κ1) is 16.3. The van der Waals surface area contributed by atoms with Crippen molar-refractivity contribution in [3.8, 4) is 6.07 Å². The molecule has 3 rings (SSSR count). The van der Waals surface area contributed by atoms with Gasteiger partial charge in [-0.3, -0.25) is 9.48 Å². The summed E-state index contributed by atoms with van der Waals surface area (Å²) in [7, 11) is 1.76. The molecule has 0 spiro atoms. The Balaban J connectivity index is 1.75. The summed E-state index contributed by atoms with van der Waals surface area (Å²) in [6.07, 6.45) is 3.24. The average Bonchev–Trinajstić information content (AvgIpc) is 3.11. The van der Waals surface area contributed by atoms with Crippen LogP contribution in [0.1, 0.15) is 21.5 Å². The summed E-state index contributed by atoms with van der Waals surface area (Å²) in [5.41, 5.74) is 3.34. The van der Waals surface area contributed by atoms with Crippen molar-refractivity contribution in [1.29, 1.82) is 5.26 Å². The van der Waals surface area contributed by atoms with Crippen molar-refractivity contribution < 1.29 is 4.79 Å². The van der Waals surface area contributed by atoms with Gasteiger partial charge >= 0.3 is 0 Å². The number of nitriles is 1. The third-order valence-electron chi connectivity index (χ3n) is 3.75. The van der Waals surface area contributed by atoms with Crippen molar-refractivity contribution >= 4 is 17.3 Å². The largest absolute Gasteiger partial charge is 0.386 e. The van der Waals surface area contributed by atoms with Gasteiger partial charge in [-0.05, 0) is 23.8 Å². The smallest absolute Gasteiger partial charge is 0.258 e. The highest BCUT2D eigenvalue weighted by atomic mass is 16.1. The molecule has 3 aromatic rings. The molecule has 6 nitrogen and oxygen atoms in total. The van der Waals surface area contributed by atoms with Crippen LogP contribution in [0.4, 0.5) is 11.4 Å². The Morgan fingerprint density at radius 2 is 2.00 bits per heavy atom. The molecule has 1 amide bonds. The number of rotatable bonds is 5. The number of amides is 1. The summed E-state index contributed by atoms with van der Waals surface area (Å²) in [5.74, 6) is -0.272. The van der Waals surface area contributed by atoms with Gasteiger partial charge in [-0.15, -0.1) is 0 Å². The molecule has 0 fully saturated rings. The van der Waals surface area contributed by atoms with Crippen molar-refractivity contribution in [3.05, 3.63) is 77.6 Å². The second-order valence-corrected chi connectivity index (χ2v) is 5.49. The number of nitrogens with one attached hydrogen (secondary N) is 2. The van der Waals surface area contributed by atoms with Crippen molar-refractivity contribution in [3.63, 3.8) is 0 Å². The molecule has 0 saturated heterocycles. The summed E-state index contributed by atoms with van der Waals surface area (Å²) in [6.45, 7) is 0.597. The highest BCUT2D eigenvalue weighted by molar-refractivity contribution is 6.05. The zero-order valence-electron chi connectivity index (χ0n) is 13.7. The minimum atomic E-state index is -0.272. The lowest BCUT2D eigenvalue weighted by atomic mass is 10.1. The minimum Gasteiger partial charge on any atom is -0.386 e. The molecule has 1 aromatic heterocycles. The number of aromatic nitrogens is 2. The van der Waals surface area contributed by atoms with Crippen LogP contribution in [0.15, 0.2) is 60.9 Å². The molecule has 0 saturated carbocycles. The van der Waals surface area contributed by atoms with Gasteiger partial charge < -0.3 is 10.6 Å². The third-order valence-corrected chi connectivity index (χ3v) is 3.75. The highest BCUT2D eigenvalue weighted by Gasteiger charge is 2.12. The van der Waals surface area contributed by atoms with Crippen LogP contribution in [-0.2, 0) is 6.54 Å². The average molecular weight is 331 g/mol. The first-order chi connectivity index (χ1) is 12.2. The standard InChI is InChI=1S/C19H17N5O/c1-21-17-8-7-15(10-20)9-18(17)23-19(25)16-11-22-24(13-16)12-14-5-3-2-4-6-14/h2-9,11,13,21H,12H2,1H3,(H,23,25). The van der Waals surface area contributed by atoms with E-state index in [0.29, 0.717) is 23.4 Å². The Hall–Kier alpha value is -3.59. The predicted octanol–water partition coefficient (Wildman–Crippen LogP) is 3.10. The zero-order valence-corrected chi connectivity index (χ0v) is 13.7. The summed E-state index contributed by atoms with van der Waals surface area (Å²) < 4.78 is 1.72. The fourth-order valence-corrected chi connectivity index (χ4v) is 2.47. The molecule has 2 aromatic carbocycles. The number of hydrogen-bond donors (Lipinski definition) is 2. The lowest BCUT2D eigenvalue weighted by Crippen LogP contribution is -2.12. The van der Waals surface area contributed by atoms with Gasteiger partial charge in [0.2, 0.25) is 0 Å². The van der Waals surface area contributed by atoms with E-state index in [2.05, 4.69) is 21.8 Å². The van der Waals surface area contributed by atoms with E-state index in [4.69, 9.17) is 5.26 Å². The van der Waals surface area contributed by atoms with Crippen LogP contribution in [0.25, 0.3) is 0 Å². The molecule has 0 radical (unpaired) electrons. The number of benzene rings is 2. The molecule has 0 atom stereocenters. The van der Waals surface area contributed by atoms with Crippen LogP contribution in [0, 0.1) is 11.3 Å². The third kappa shape index (κ3) is 3.85. The van der Waals surface area contributed by atoms with Gasteiger partial charge in [-0.2, -0.15) is 10.4 Å². The van der Waals surface area contributed by atoms with E-state index >= 15 is 0 Å². The van der Waals surface area contributed by atoms with Crippen molar-refractivity contribution in [1.82, 2.24) is 9.78 Å². The molecule has 124 valence electrons. The molecule has 2 N–H and O–H groups in total. The Bertz CT molecular complexity index is 924. The maximum Gasteiger partial charge on any atom is 0.258 e. The fraction of sp³-hybridized carbons (Fsp3) is 0.105. The van der Waals surface area contributed by atoms with E-state index < -0.39 is 0 Å². The van der Waals surface area contributed by atoms with E-state index in [1.165, 1.54) is 6.20 Å². The minimum absolute atomic E-state index is 0.272. The molecule has 0 unspecified atom stereocenters. The van der Waals surface area contributed by atoms with Gasteiger partial charge in [-0.25, -0.2) is 0 Å². The second-order valence-electron chi connectivity index (χ2n) is 5.49. The van der Waals surface area contributed by atoms with Crippen LogP contribution >= 0.6 is 0 Å². The molecule has 1 heterocycles. The summed E-state index contributed by atoms with van der Waals surface area (Å²) in [6, 6.07) is 17.1. The van der Waals surface area contributed by atoms with Crippen LogP contribution in [0.5, 0.6) is 0 Å². The van der Waals surface area contributed by atoms with Gasteiger partial charge in [0.1, 0.15) is 0 Å². The van der Waals surface area contributed by atoms with E-state index in [9.17, 15) is 4.79 Å². The molecule has 6 heteroatoms. The topological polar surface area (TPSA) is 82.7 Å². The fourth-order valence-electron chi connectivity index (χ4n) is 2.47. The van der Waals surface area contributed by atoms with E-state index in [1.807, 2.05) is 30.3 Å². The van der Waals surface area contributed by atoms with Gasteiger partial charge in [-0.1, -0.05) is 30.3 Å². The van der Waals surface area contributed by atoms with Crippen LogP contribution in [-0.4, -0.2) is 22.7 Å². The van der Waals surface area contributed by atoms with E-state index in [1.54, 1.807) is 36.1 Å². The zero-order chi connectivity index (χ0) is 17.6. The second kappa shape index (κ2) is 7.32. The van der Waals surface area contributed by atoms with Gasteiger partial charge in [0, 0.05) is 13.2 Å². The van der Waals surface area contributed by atoms with Gasteiger partial charge in [0.15, 0.2) is 0 Å². The lowest BCUT2D eigenvalue weighted by molar-refractivity contribution is 0.102. The predicted molar refractivity (Wildman–Crippen MR) is 96.4 cm³/mol. The molecular formula is C19H17N5O. The Morgan fingerprint density at radius 3 is 2.72 bits per heavy atom. The van der Waals surface area contributed by atoms with Crippen molar-refractivity contribution in [2.24, 2.45) is 0 Å². The number of carbonyl (C=O) groups is 1. The van der Waals surface area contributed by atoms with Crippen LogP contribution in [0.2, 0.25) is 0 Å². The van der Waals surface area contributed by atoms with E-state index in [-0.39, 0.29) is 5.91 Å². The molecule has 0 bridgehead atoms. The quantitative estimate of drug-likeness (QED) is 0.752. The molecule has 0 aliphatic heterocycles. The Morgan fingerprint density at radius 1 is 1.20 bits per heavy atom. The van der Waals surface area contributed by atoms with Gasteiger partial charge in [0.05, 0.1) is 41.3 Å². The molecule has 0 aliphatic carbocycles. The van der Waals surface area contributed by atoms with Crippen molar-refractivity contribution in [2.75, 3.05) is 17.7 Å². The Labute approximate surface area is 145 Å². The number of nitrogens with zero attached hydrogens (tertiary/aromatic N) is 3. The lowest BCUT2D eigenvalue weighted by Gasteiger charge is -2.10. The monoisotopic (exact) mass is 331 g/mol. The first-order valence-corrected chi connectivity index (χ1v) is 7.79. The normalized spacial score (nSPS) is 10.1. The van der Waals surface area contributed by atoms with Crippen LogP contribution in [0.3, 0.4) is 0 Å². The van der Waals surface area contributed by atoms with Crippen LogP contribution < -0.4 is 10.6 Å². The maximum atomic E-state index is 12.5. The highest BCUT2D eigenvalue weighted by Crippen LogP contribution is 2.23.